The van der Waals surface area contributed by atoms with Crippen molar-refractivity contribution in [2.75, 3.05) is 6.61 Å². The fraction of sp³-hybridized carbons (Fsp3) is 0.333. The van der Waals surface area contributed by atoms with Gasteiger partial charge >= 0.3 is 0 Å². The fourth-order valence-electron chi connectivity index (χ4n) is 1.05. The van der Waals surface area contributed by atoms with Gasteiger partial charge < -0.3 is 10.8 Å². The zero-order valence-electron chi connectivity index (χ0n) is 6.92. The van der Waals surface area contributed by atoms with Crippen LogP contribution in [0.3, 0.4) is 0 Å². The maximum Gasteiger partial charge on any atom is 0.0624 e. The lowest BCUT2D eigenvalue weighted by Gasteiger charge is -2.11. The molecule has 0 amide bonds. The van der Waals surface area contributed by atoms with Gasteiger partial charge in [0.25, 0.3) is 0 Å². The van der Waals surface area contributed by atoms with Crippen molar-refractivity contribution < 1.29 is 5.11 Å². The number of aryl methyl sites for hydroxylation is 1. The zero-order valence-corrected chi connectivity index (χ0v) is 8.51. The average molecular weight is 230 g/mol. The molecule has 0 spiro atoms. The molecule has 0 fully saturated rings. The van der Waals surface area contributed by atoms with E-state index in [0.717, 1.165) is 15.6 Å². The highest BCUT2D eigenvalue weighted by atomic mass is 79.9. The van der Waals surface area contributed by atoms with Gasteiger partial charge in [0.05, 0.1) is 12.6 Å². The Morgan fingerprint density at radius 2 is 2.25 bits per heavy atom. The standard InChI is InChI=1S/C9H12BrNO/c1-6-3-2-4-7(9(6)10)8(11)5-12/h2-4,8,12H,5,11H2,1H3/t8-/m0/s1. The smallest absolute Gasteiger partial charge is 0.0624 e. The Hall–Kier alpha value is -0.380. The van der Waals surface area contributed by atoms with Crippen LogP contribution >= 0.6 is 15.9 Å². The highest BCUT2D eigenvalue weighted by Crippen LogP contribution is 2.24. The van der Waals surface area contributed by atoms with Gasteiger partial charge in [0.1, 0.15) is 0 Å². The third kappa shape index (κ3) is 1.86. The summed E-state index contributed by atoms with van der Waals surface area (Å²) in [6.07, 6.45) is 0. The molecule has 0 saturated heterocycles. The molecule has 0 radical (unpaired) electrons. The molecule has 3 N–H and O–H groups in total. The van der Waals surface area contributed by atoms with E-state index in [1.807, 2.05) is 25.1 Å². The van der Waals surface area contributed by atoms with E-state index < -0.39 is 0 Å². The van der Waals surface area contributed by atoms with E-state index in [2.05, 4.69) is 15.9 Å². The number of benzene rings is 1. The summed E-state index contributed by atoms with van der Waals surface area (Å²) < 4.78 is 0.992. The molecule has 12 heavy (non-hydrogen) atoms. The molecule has 1 aromatic rings. The lowest BCUT2D eigenvalue weighted by atomic mass is 10.1. The SMILES string of the molecule is Cc1cccc([C@@H](N)CO)c1Br. The van der Waals surface area contributed by atoms with Crippen LogP contribution in [0.4, 0.5) is 0 Å². The molecule has 0 unspecified atom stereocenters. The van der Waals surface area contributed by atoms with Crippen LogP contribution in [-0.2, 0) is 0 Å². The van der Waals surface area contributed by atoms with E-state index in [-0.39, 0.29) is 12.6 Å². The van der Waals surface area contributed by atoms with Crippen LogP contribution in [0.15, 0.2) is 22.7 Å². The lowest BCUT2D eigenvalue weighted by molar-refractivity contribution is 0.267. The minimum Gasteiger partial charge on any atom is -0.394 e. The minimum atomic E-state index is -0.292. The second-order valence-corrected chi connectivity index (χ2v) is 3.56. The first-order chi connectivity index (χ1) is 5.66. The largest absolute Gasteiger partial charge is 0.394 e. The molecule has 0 saturated carbocycles. The van der Waals surface area contributed by atoms with E-state index in [4.69, 9.17) is 10.8 Å². The Morgan fingerprint density at radius 1 is 1.58 bits per heavy atom. The molecule has 2 nitrogen and oxygen atoms in total. The van der Waals surface area contributed by atoms with Gasteiger partial charge in [-0.1, -0.05) is 34.1 Å². The molecular formula is C9H12BrNO. The van der Waals surface area contributed by atoms with Crippen LogP contribution < -0.4 is 5.73 Å². The van der Waals surface area contributed by atoms with Crippen LogP contribution in [-0.4, -0.2) is 11.7 Å². The molecule has 0 aliphatic rings. The van der Waals surface area contributed by atoms with Gasteiger partial charge in [0.15, 0.2) is 0 Å². The molecule has 1 rings (SSSR count). The van der Waals surface area contributed by atoms with Gasteiger partial charge in [-0.25, -0.2) is 0 Å². The molecule has 0 heterocycles. The summed E-state index contributed by atoms with van der Waals surface area (Å²) in [6, 6.07) is 5.56. The predicted octanol–water partition coefficient (Wildman–Crippen LogP) is 1.75. The zero-order chi connectivity index (χ0) is 9.14. The lowest BCUT2D eigenvalue weighted by Crippen LogP contribution is -2.15. The molecular weight excluding hydrogens is 218 g/mol. The van der Waals surface area contributed by atoms with Crippen molar-refractivity contribution in [3.05, 3.63) is 33.8 Å². The molecule has 0 aromatic heterocycles. The molecule has 0 bridgehead atoms. The first kappa shape index (κ1) is 9.71. The second-order valence-electron chi connectivity index (χ2n) is 2.77. The topological polar surface area (TPSA) is 46.2 Å². The predicted molar refractivity (Wildman–Crippen MR) is 52.9 cm³/mol. The van der Waals surface area contributed by atoms with Crippen molar-refractivity contribution >= 4 is 15.9 Å². The summed E-state index contributed by atoms with van der Waals surface area (Å²) in [7, 11) is 0. The first-order valence-corrected chi connectivity index (χ1v) is 4.57. The molecule has 0 aliphatic heterocycles. The van der Waals surface area contributed by atoms with Crippen molar-refractivity contribution in [3.63, 3.8) is 0 Å². The van der Waals surface area contributed by atoms with Gasteiger partial charge in [-0.15, -0.1) is 0 Å². The number of aliphatic hydroxyl groups is 1. The number of nitrogens with two attached hydrogens (primary N) is 1. The summed E-state index contributed by atoms with van der Waals surface area (Å²) in [6.45, 7) is 1.97. The van der Waals surface area contributed by atoms with Crippen molar-refractivity contribution in [1.29, 1.82) is 0 Å². The highest BCUT2D eigenvalue weighted by Gasteiger charge is 2.08. The maximum absolute atomic E-state index is 8.86. The van der Waals surface area contributed by atoms with Gasteiger partial charge in [-0.2, -0.15) is 0 Å². The highest BCUT2D eigenvalue weighted by molar-refractivity contribution is 9.10. The summed E-state index contributed by atoms with van der Waals surface area (Å²) in [5.41, 5.74) is 7.78. The van der Waals surface area contributed by atoms with E-state index >= 15 is 0 Å². The van der Waals surface area contributed by atoms with Gasteiger partial charge in [-0.05, 0) is 18.1 Å². The quantitative estimate of drug-likeness (QED) is 0.812. The van der Waals surface area contributed by atoms with Crippen molar-refractivity contribution in [2.45, 2.75) is 13.0 Å². The van der Waals surface area contributed by atoms with Crippen molar-refractivity contribution in [2.24, 2.45) is 5.73 Å². The number of hydrogen-bond donors (Lipinski definition) is 2. The Balaban J connectivity index is 3.07. The van der Waals surface area contributed by atoms with E-state index in [1.54, 1.807) is 0 Å². The Kier molecular flexibility index (Phi) is 3.26. The van der Waals surface area contributed by atoms with Crippen LogP contribution in [0.1, 0.15) is 17.2 Å². The van der Waals surface area contributed by atoms with Crippen LogP contribution in [0.5, 0.6) is 0 Å². The number of halogens is 1. The molecule has 1 aromatic carbocycles. The van der Waals surface area contributed by atoms with Crippen molar-refractivity contribution in [3.8, 4) is 0 Å². The molecule has 1 atom stereocenters. The number of aliphatic hydroxyl groups excluding tert-OH is 1. The maximum atomic E-state index is 8.86. The van der Waals surface area contributed by atoms with Crippen molar-refractivity contribution in [1.82, 2.24) is 0 Å². The average Bonchev–Trinajstić information content (AvgIpc) is 2.08. The Bertz CT molecular complexity index is 275. The normalized spacial score (nSPS) is 13.0. The van der Waals surface area contributed by atoms with Crippen LogP contribution in [0.25, 0.3) is 0 Å². The second kappa shape index (κ2) is 4.03. The van der Waals surface area contributed by atoms with E-state index in [1.165, 1.54) is 0 Å². The van der Waals surface area contributed by atoms with Gasteiger partial charge in [-0.3, -0.25) is 0 Å². The number of rotatable bonds is 2. The van der Waals surface area contributed by atoms with Crippen LogP contribution in [0.2, 0.25) is 0 Å². The van der Waals surface area contributed by atoms with Gasteiger partial charge in [0, 0.05) is 4.47 Å². The van der Waals surface area contributed by atoms with Crippen LogP contribution in [0, 0.1) is 6.92 Å². The monoisotopic (exact) mass is 229 g/mol. The minimum absolute atomic E-state index is 0.0257. The molecule has 0 aliphatic carbocycles. The molecule has 3 heteroatoms. The fourth-order valence-corrected chi connectivity index (χ4v) is 1.61. The summed E-state index contributed by atoms with van der Waals surface area (Å²) in [4.78, 5) is 0. The third-order valence-electron chi connectivity index (χ3n) is 1.82. The Labute approximate surface area is 80.5 Å². The van der Waals surface area contributed by atoms with Gasteiger partial charge in [0.2, 0.25) is 0 Å². The summed E-state index contributed by atoms with van der Waals surface area (Å²) in [5.74, 6) is 0. The Morgan fingerprint density at radius 3 is 2.83 bits per heavy atom. The first-order valence-electron chi connectivity index (χ1n) is 3.78. The summed E-state index contributed by atoms with van der Waals surface area (Å²) in [5, 5.41) is 8.86. The third-order valence-corrected chi connectivity index (χ3v) is 2.90. The number of hydrogen-bond acceptors (Lipinski definition) is 2. The molecule has 66 valence electrons. The van der Waals surface area contributed by atoms with E-state index in [9.17, 15) is 0 Å². The summed E-state index contributed by atoms with van der Waals surface area (Å²) >= 11 is 3.43. The van der Waals surface area contributed by atoms with E-state index in [0.29, 0.717) is 0 Å².